The molecule has 0 radical (unpaired) electrons. The van der Waals surface area contributed by atoms with Crippen molar-refractivity contribution in [2.24, 2.45) is 11.3 Å². The van der Waals surface area contributed by atoms with Gasteiger partial charge in [-0.15, -0.1) is 0 Å². The molecule has 2 heteroatoms. The van der Waals surface area contributed by atoms with Gasteiger partial charge in [-0.3, -0.25) is 9.69 Å². The molecule has 0 N–H and O–H groups in total. The number of likely N-dealkylation sites (tertiary alicyclic amines) is 1. The normalized spacial score (nSPS) is 36.3. The van der Waals surface area contributed by atoms with Gasteiger partial charge in [0.1, 0.15) is 5.78 Å². The number of piperidine rings is 1. The second-order valence-electron chi connectivity index (χ2n) is 5.88. The van der Waals surface area contributed by atoms with Gasteiger partial charge in [-0.2, -0.15) is 0 Å². The lowest BCUT2D eigenvalue weighted by Crippen LogP contribution is -2.51. The number of hydrogen-bond donors (Lipinski definition) is 0. The summed E-state index contributed by atoms with van der Waals surface area (Å²) in [6.07, 6.45) is 4.91. The van der Waals surface area contributed by atoms with E-state index in [0.29, 0.717) is 17.2 Å². The second-order valence-corrected chi connectivity index (χ2v) is 5.88. The Balaban J connectivity index is 1.95. The first kappa shape index (κ1) is 11.1. The summed E-state index contributed by atoms with van der Waals surface area (Å²) in [5.41, 5.74) is 0.550. The Hall–Kier alpha value is -0.370. The van der Waals surface area contributed by atoms with Gasteiger partial charge < -0.3 is 0 Å². The van der Waals surface area contributed by atoms with Gasteiger partial charge in [0.2, 0.25) is 0 Å². The Morgan fingerprint density at radius 2 is 2.07 bits per heavy atom. The van der Waals surface area contributed by atoms with Gasteiger partial charge in [-0.1, -0.05) is 20.3 Å². The van der Waals surface area contributed by atoms with Crippen LogP contribution in [-0.4, -0.2) is 29.8 Å². The van der Waals surface area contributed by atoms with E-state index in [2.05, 4.69) is 25.7 Å². The first-order chi connectivity index (χ1) is 7.02. The van der Waals surface area contributed by atoms with E-state index in [1.54, 1.807) is 0 Å². The largest absolute Gasteiger partial charge is 0.299 e. The minimum absolute atomic E-state index is 0.238. The molecule has 2 fully saturated rings. The van der Waals surface area contributed by atoms with Gasteiger partial charge in [0.05, 0.1) is 0 Å². The van der Waals surface area contributed by atoms with E-state index < -0.39 is 0 Å². The van der Waals surface area contributed by atoms with Crippen molar-refractivity contribution in [1.82, 2.24) is 4.90 Å². The van der Waals surface area contributed by atoms with Crippen molar-refractivity contribution < 1.29 is 4.79 Å². The summed E-state index contributed by atoms with van der Waals surface area (Å²) in [5.74, 6) is 0.694. The predicted octanol–water partition coefficient (Wildman–Crippen LogP) is 2.48. The number of Topliss-reactive ketones (excluding diaryl/α,β-unsaturated/α-hetero) is 1. The molecule has 0 amide bonds. The molecule has 2 unspecified atom stereocenters. The number of hydrogen-bond acceptors (Lipinski definition) is 2. The molecule has 2 atom stereocenters. The predicted molar refractivity (Wildman–Crippen MR) is 61.8 cm³/mol. The SMILES string of the molecule is CC1C(=O)CCN(CC2(C)CCC2)C1C. The quantitative estimate of drug-likeness (QED) is 0.696. The molecule has 86 valence electrons. The molecule has 0 bridgehead atoms. The summed E-state index contributed by atoms with van der Waals surface area (Å²) in [4.78, 5) is 14.1. The van der Waals surface area contributed by atoms with Crippen molar-refractivity contribution >= 4 is 5.78 Å². The van der Waals surface area contributed by atoms with Crippen LogP contribution in [0.5, 0.6) is 0 Å². The Bertz CT molecular complexity index is 257. The maximum atomic E-state index is 11.6. The number of rotatable bonds is 2. The van der Waals surface area contributed by atoms with Crippen molar-refractivity contribution in [3.63, 3.8) is 0 Å². The molecule has 1 saturated carbocycles. The van der Waals surface area contributed by atoms with Crippen molar-refractivity contribution in [3.8, 4) is 0 Å². The highest BCUT2D eigenvalue weighted by molar-refractivity contribution is 5.82. The lowest BCUT2D eigenvalue weighted by Gasteiger charge is -2.46. The molecule has 1 heterocycles. The summed E-state index contributed by atoms with van der Waals surface area (Å²) < 4.78 is 0. The maximum absolute atomic E-state index is 11.6. The minimum atomic E-state index is 0.238. The highest BCUT2D eigenvalue weighted by atomic mass is 16.1. The van der Waals surface area contributed by atoms with E-state index in [1.165, 1.54) is 25.8 Å². The monoisotopic (exact) mass is 209 g/mol. The van der Waals surface area contributed by atoms with E-state index in [4.69, 9.17) is 0 Å². The molecule has 1 aliphatic heterocycles. The van der Waals surface area contributed by atoms with Crippen LogP contribution in [0.3, 0.4) is 0 Å². The smallest absolute Gasteiger partial charge is 0.138 e. The second kappa shape index (κ2) is 3.89. The van der Waals surface area contributed by atoms with Crippen LogP contribution < -0.4 is 0 Å². The fourth-order valence-corrected chi connectivity index (χ4v) is 2.92. The van der Waals surface area contributed by atoms with E-state index in [9.17, 15) is 4.79 Å². The van der Waals surface area contributed by atoms with Crippen molar-refractivity contribution in [1.29, 1.82) is 0 Å². The summed E-state index contributed by atoms with van der Waals surface area (Å²) in [6.45, 7) is 8.88. The van der Waals surface area contributed by atoms with Crippen molar-refractivity contribution in [3.05, 3.63) is 0 Å². The summed E-state index contributed by atoms with van der Waals surface area (Å²) in [6, 6.07) is 0.448. The number of carbonyl (C=O) groups excluding carboxylic acids is 1. The van der Waals surface area contributed by atoms with Crippen molar-refractivity contribution in [2.45, 2.75) is 52.5 Å². The fraction of sp³-hybridized carbons (Fsp3) is 0.923. The van der Waals surface area contributed by atoms with Gasteiger partial charge in [0, 0.05) is 31.5 Å². The molecule has 0 aromatic rings. The highest BCUT2D eigenvalue weighted by Gasteiger charge is 2.38. The Labute approximate surface area is 93.0 Å². The molecule has 2 nitrogen and oxygen atoms in total. The van der Waals surface area contributed by atoms with Gasteiger partial charge in [-0.05, 0) is 25.2 Å². The average molecular weight is 209 g/mol. The average Bonchev–Trinajstić information content (AvgIpc) is 2.17. The van der Waals surface area contributed by atoms with E-state index in [1.807, 2.05) is 0 Å². The van der Waals surface area contributed by atoms with Crippen LogP contribution in [0.4, 0.5) is 0 Å². The molecular formula is C13H23NO. The van der Waals surface area contributed by atoms with E-state index in [0.717, 1.165) is 13.0 Å². The third kappa shape index (κ3) is 2.10. The third-order valence-corrected chi connectivity index (χ3v) is 4.60. The van der Waals surface area contributed by atoms with E-state index in [-0.39, 0.29) is 5.92 Å². The number of nitrogens with zero attached hydrogens (tertiary/aromatic N) is 1. The molecular weight excluding hydrogens is 186 g/mol. The molecule has 0 aromatic heterocycles. The minimum Gasteiger partial charge on any atom is -0.299 e. The lowest BCUT2D eigenvalue weighted by molar-refractivity contribution is -0.128. The van der Waals surface area contributed by atoms with Gasteiger partial charge >= 0.3 is 0 Å². The van der Waals surface area contributed by atoms with Gasteiger partial charge in [-0.25, -0.2) is 0 Å². The molecule has 2 aliphatic rings. The highest BCUT2D eigenvalue weighted by Crippen LogP contribution is 2.41. The van der Waals surface area contributed by atoms with Crippen LogP contribution in [0.15, 0.2) is 0 Å². The van der Waals surface area contributed by atoms with Crippen LogP contribution in [0.1, 0.15) is 46.5 Å². The van der Waals surface area contributed by atoms with Crippen LogP contribution in [0.2, 0.25) is 0 Å². The van der Waals surface area contributed by atoms with Gasteiger partial charge in [0.15, 0.2) is 0 Å². The Morgan fingerprint density at radius 3 is 2.60 bits per heavy atom. The van der Waals surface area contributed by atoms with E-state index >= 15 is 0 Å². The zero-order valence-electron chi connectivity index (χ0n) is 10.3. The van der Waals surface area contributed by atoms with Crippen LogP contribution >= 0.6 is 0 Å². The molecule has 15 heavy (non-hydrogen) atoms. The van der Waals surface area contributed by atoms with Gasteiger partial charge in [0.25, 0.3) is 0 Å². The molecule has 0 aromatic carbocycles. The Kier molecular flexibility index (Phi) is 2.89. The van der Waals surface area contributed by atoms with Crippen LogP contribution in [0, 0.1) is 11.3 Å². The molecule has 1 aliphatic carbocycles. The van der Waals surface area contributed by atoms with Crippen LogP contribution in [0.25, 0.3) is 0 Å². The Morgan fingerprint density at radius 1 is 1.40 bits per heavy atom. The zero-order chi connectivity index (χ0) is 11.1. The topological polar surface area (TPSA) is 20.3 Å². The molecule has 1 saturated heterocycles. The lowest BCUT2D eigenvalue weighted by atomic mass is 9.69. The summed E-state index contributed by atoms with van der Waals surface area (Å²) in [7, 11) is 0. The standard InChI is InChI=1S/C13H23NO/c1-10-11(2)14(8-5-12(10)15)9-13(3)6-4-7-13/h10-11H,4-9H2,1-3H3. The third-order valence-electron chi connectivity index (χ3n) is 4.60. The summed E-state index contributed by atoms with van der Waals surface area (Å²) >= 11 is 0. The van der Waals surface area contributed by atoms with Crippen molar-refractivity contribution in [2.75, 3.05) is 13.1 Å². The fourth-order valence-electron chi connectivity index (χ4n) is 2.92. The summed E-state index contributed by atoms with van der Waals surface area (Å²) in [5, 5.41) is 0. The molecule has 2 rings (SSSR count). The molecule has 0 spiro atoms. The zero-order valence-corrected chi connectivity index (χ0v) is 10.3. The number of carbonyl (C=O) groups is 1. The first-order valence-electron chi connectivity index (χ1n) is 6.29. The number of ketones is 1. The van der Waals surface area contributed by atoms with Crippen LogP contribution in [-0.2, 0) is 4.79 Å². The maximum Gasteiger partial charge on any atom is 0.138 e. The first-order valence-corrected chi connectivity index (χ1v) is 6.29.